The second-order valence-corrected chi connectivity index (χ2v) is 6.76. The number of hydrogen-bond acceptors (Lipinski definition) is 2. The summed E-state index contributed by atoms with van der Waals surface area (Å²) in [5, 5.41) is 6.27. The standard InChI is InChI=1S/C16H14Br2N2O/c17-13-3-4-14(18)15(8-13)20-16(21)11-2-1-10-5-6-19-9-12(10)7-11/h1-4,7-8,19H,5-6,9H2,(H,20,21). The molecular formula is C16H14Br2N2O. The number of halogens is 2. The van der Waals surface area contributed by atoms with Crippen molar-refractivity contribution in [2.75, 3.05) is 11.9 Å². The van der Waals surface area contributed by atoms with Gasteiger partial charge in [-0.2, -0.15) is 0 Å². The van der Waals surface area contributed by atoms with Crippen LogP contribution in [0.1, 0.15) is 21.5 Å². The molecule has 2 aromatic rings. The summed E-state index contributed by atoms with van der Waals surface area (Å²) in [7, 11) is 0. The van der Waals surface area contributed by atoms with Crippen LogP contribution in [-0.2, 0) is 13.0 Å². The highest BCUT2D eigenvalue weighted by Crippen LogP contribution is 2.27. The number of benzene rings is 2. The summed E-state index contributed by atoms with van der Waals surface area (Å²) < 4.78 is 1.79. The molecule has 0 saturated carbocycles. The molecule has 5 heteroatoms. The number of carbonyl (C=O) groups excluding carboxylic acids is 1. The van der Waals surface area contributed by atoms with Gasteiger partial charge in [0, 0.05) is 21.1 Å². The van der Waals surface area contributed by atoms with Crippen molar-refractivity contribution in [1.29, 1.82) is 0 Å². The SMILES string of the molecule is O=C(Nc1cc(Br)ccc1Br)c1ccc2c(c1)CNCC2. The van der Waals surface area contributed by atoms with Gasteiger partial charge in [-0.25, -0.2) is 0 Å². The quantitative estimate of drug-likeness (QED) is 0.783. The molecule has 0 fully saturated rings. The van der Waals surface area contributed by atoms with Crippen LogP contribution >= 0.6 is 31.9 Å². The van der Waals surface area contributed by atoms with Gasteiger partial charge in [-0.3, -0.25) is 4.79 Å². The van der Waals surface area contributed by atoms with Crippen LogP contribution in [0.4, 0.5) is 5.69 Å². The van der Waals surface area contributed by atoms with E-state index in [1.165, 1.54) is 11.1 Å². The van der Waals surface area contributed by atoms with Gasteiger partial charge >= 0.3 is 0 Å². The Bertz CT molecular complexity index is 701. The minimum absolute atomic E-state index is 0.0952. The van der Waals surface area contributed by atoms with Gasteiger partial charge in [-0.1, -0.05) is 22.0 Å². The molecule has 0 radical (unpaired) electrons. The molecule has 3 rings (SSSR count). The highest BCUT2D eigenvalue weighted by atomic mass is 79.9. The lowest BCUT2D eigenvalue weighted by Gasteiger charge is -2.17. The van der Waals surface area contributed by atoms with E-state index in [4.69, 9.17) is 0 Å². The second kappa shape index (κ2) is 6.30. The molecule has 0 spiro atoms. The number of rotatable bonds is 2. The van der Waals surface area contributed by atoms with Crippen LogP contribution in [0.25, 0.3) is 0 Å². The highest BCUT2D eigenvalue weighted by Gasteiger charge is 2.13. The third-order valence-electron chi connectivity index (χ3n) is 3.53. The molecule has 3 nitrogen and oxygen atoms in total. The first-order valence-corrected chi connectivity index (χ1v) is 8.31. The Hall–Kier alpha value is -1.17. The molecule has 108 valence electrons. The van der Waals surface area contributed by atoms with Gasteiger partial charge in [0.1, 0.15) is 0 Å². The molecule has 1 aliphatic rings. The summed E-state index contributed by atoms with van der Waals surface area (Å²) in [6.45, 7) is 1.83. The predicted octanol–water partition coefficient (Wildman–Crippen LogP) is 4.11. The third-order valence-corrected chi connectivity index (χ3v) is 4.72. The van der Waals surface area contributed by atoms with E-state index in [9.17, 15) is 4.79 Å². The van der Waals surface area contributed by atoms with Crippen molar-refractivity contribution in [2.24, 2.45) is 0 Å². The average Bonchev–Trinajstić information content (AvgIpc) is 2.50. The summed E-state index contributed by atoms with van der Waals surface area (Å²) >= 11 is 6.86. The van der Waals surface area contributed by atoms with E-state index in [0.29, 0.717) is 5.56 Å². The van der Waals surface area contributed by atoms with Crippen LogP contribution in [-0.4, -0.2) is 12.5 Å². The maximum atomic E-state index is 12.4. The molecule has 0 unspecified atom stereocenters. The smallest absolute Gasteiger partial charge is 0.255 e. The summed E-state index contributed by atoms with van der Waals surface area (Å²) in [5.74, 6) is -0.0952. The Balaban J connectivity index is 1.83. The number of carbonyl (C=O) groups is 1. The fourth-order valence-corrected chi connectivity index (χ4v) is 3.12. The van der Waals surface area contributed by atoms with Gasteiger partial charge in [0.15, 0.2) is 0 Å². The van der Waals surface area contributed by atoms with E-state index in [1.807, 2.05) is 30.3 Å². The zero-order valence-electron chi connectivity index (χ0n) is 11.2. The van der Waals surface area contributed by atoms with Crippen molar-refractivity contribution in [1.82, 2.24) is 5.32 Å². The van der Waals surface area contributed by atoms with Crippen molar-refractivity contribution in [3.8, 4) is 0 Å². The zero-order valence-corrected chi connectivity index (χ0v) is 14.4. The fourth-order valence-electron chi connectivity index (χ4n) is 2.41. The summed E-state index contributed by atoms with van der Waals surface area (Å²) in [5.41, 5.74) is 3.98. The number of fused-ring (bicyclic) bond motifs is 1. The van der Waals surface area contributed by atoms with E-state index in [2.05, 4.69) is 48.6 Å². The summed E-state index contributed by atoms with van der Waals surface area (Å²) in [6.07, 6.45) is 1.02. The van der Waals surface area contributed by atoms with Crippen LogP contribution in [0, 0.1) is 0 Å². The number of anilines is 1. The number of nitrogens with one attached hydrogen (secondary N) is 2. The van der Waals surface area contributed by atoms with Gasteiger partial charge < -0.3 is 10.6 Å². The minimum atomic E-state index is -0.0952. The Morgan fingerprint density at radius 3 is 2.81 bits per heavy atom. The Morgan fingerprint density at radius 1 is 1.10 bits per heavy atom. The van der Waals surface area contributed by atoms with Crippen molar-refractivity contribution in [2.45, 2.75) is 13.0 Å². The van der Waals surface area contributed by atoms with E-state index >= 15 is 0 Å². The van der Waals surface area contributed by atoms with Gasteiger partial charge in [0.2, 0.25) is 0 Å². The topological polar surface area (TPSA) is 41.1 Å². The lowest BCUT2D eigenvalue weighted by Crippen LogP contribution is -2.24. The molecule has 0 aromatic heterocycles. The van der Waals surface area contributed by atoms with E-state index in [-0.39, 0.29) is 5.91 Å². The van der Waals surface area contributed by atoms with Gasteiger partial charge in [0.05, 0.1) is 5.69 Å². The molecule has 21 heavy (non-hydrogen) atoms. The molecule has 1 heterocycles. The number of amides is 1. The molecule has 1 aliphatic heterocycles. The van der Waals surface area contributed by atoms with Crippen LogP contribution in [0.15, 0.2) is 45.3 Å². The largest absolute Gasteiger partial charge is 0.321 e. The lowest BCUT2D eigenvalue weighted by molar-refractivity contribution is 0.102. The van der Waals surface area contributed by atoms with Crippen LogP contribution in [0.5, 0.6) is 0 Å². The van der Waals surface area contributed by atoms with Gasteiger partial charge in [-0.05, 0) is 70.4 Å². The minimum Gasteiger partial charge on any atom is -0.321 e. The normalized spacial score (nSPS) is 13.6. The Kier molecular flexibility index (Phi) is 4.42. The fraction of sp³-hybridized carbons (Fsp3) is 0.188. The maximum absolute atomic E-state index is 12.4. The first-order valence-electron chi connectivity index (χ1n) is 6.72. The molecule has 1 amide bonds. The van der Waals surface area contributed by atoms with Crippen molar-refractivity contribution in [3.05, 3.63) is 62.0 Å². The first kappa shape index (κ1) is 14.8. The van der Waals surface area contributed by atoms with Gasteiger partial charge in [0.25, 0.3) is 5.91 Å². The maximum Gasteiger partial charge on any atom is 0.255 e. The molecular weight excluding hydrogens is 396 g/mol. The van der Waals surface area contributed by atoms with Crippen LogP contribution < -0.4 is 10.6 Å². The van der Waals surface area contributed by atoms with Crippen molar-refractivity contribution < 1.29 is 4.79 Å². The first-order chi connectivity index (χ1) is 10.1. The van der Waals surface area contributed by atoms with E-state index in [0.717, 1.165) is 34.1 Å². The average molecular weight is 410 g/mol. The molecule has 2 aromatic carbocycles. The molecule has 0 saturated heterocycles. The predicted molar refractivity (Wildman–Crippen MR) is 91.6 cm³/mol. The monoisotopic (exact) mass is 408 g/mol. The molecule has 0 atom stereocenters. The van der Waals surface area contributed by atoms with E-state index < -0.39 is 0 Å². The highest BCUT2D eigenvalue weighted by molar-refractivity contribution is 9.11. The Labute approximate surface area is 140 Å². The lowest BCUT2D eigenvalue weighted by atomic mass is 9.98. The zero-order chi connectivity index (χ0) is 14.8. The Morgan fingerprint density at radius 2 is 1.95 bits per heavy atom. The summed E-state index contributed by atoms with van der Waals surface area (Å²) in [6, 6.07) is 11.6. The van der Waals surface area contributed by atoms with Crippen molar-refractivity contribution >= 4 is 43.5 Å². The summed E-state index contributed by atoms with van der Waals surface area (Å²) in [4.78, 5) is 12.4. The van der Waals surface area contributed by atoms with Gasteiger partial charge in [-0.15, -0.1) is 0 Å². The second-order valence-electron chi connectivity index (χ2n) is 4.99. The van der Waals surface area contributed by atoms with E-state index in [1.54, 1.807) is 0 Å². The van der Waals surface area contributed by atoms with Crippen LogP contribution in [0.2, 0.25) is 0 Å². The molecule has 0 aliphatic carbocycles. The van der Waals surface area contributed by atoms with Crippen LogP contribution in [0.3, 0.4) is 0 Å². The number of hydrogen-bond donors (Lipinski definition) is 2. The van der Waals surface area contributed by atoms with Crippen molar-refractivity contribution in [3.63, 3.8) is 0 Å². The third kappa shape index (κ3) is 3.36. The molecule has 2 N–H and O–H groups in total. The molecule has 0 bridgehead atoms.